The van der Waals surface area contributed by atoms with Crippen LogP contribution in [0.3, 0.4) is 0 Å². The van der Waals surface area contributed by atoms with E-state index in [1.807, 2.05) is 11.0 Å². The predicted octanol–water partition coefficient (Wildman–Crippen LogP) is 1.77. The highest BCUT2D eigenvalue weighted by atomic mass is 16.4. The number of hydrogen-bond acceptors (Lipinski definition) is 4. The predicted molar refractivity (Wildman–Crippen MR) is 78.8 cm³/mol. The molecule has 0 spiro atoms. The quantitative estimate of drug-likeness (QED) is 0.900. The van der Waals surface area contributed by atoms with Crippen LogP contribution in [-0.2, 0) is 0 Å². The summed E-state index contributed by atoms with van der Waals surface area (Å²) in [6, 6.07) is 5.36. The SMILES string of the molecule is O=C(O)c1c(N2CCCCCC2CO)nc2ccccn12. The summed E-state index contributed by atoms with van der Waals surface area (Å²) in [4.78, 5) is 18.1. The zero-order chi connectivity index (χ0) is 14.8. The molecule has 21 heavy (non-hydrogen) atoms. The van der Waals surface area contributed by atoms with Crippen molar-refractivity contribution in [3.63, 3.8) is 0 Å². The Kier molecular flexibility index (Phi) is 3.79. The van der Waals surface area contributed by atoms with Gasteiger partial charge in [-0.2, -0.15) is 0 Å². The van der Waals surface area contributed by atoms with Gasteiger partial charge in [-0.1, -0.05) is 18.9 Å². The van der Waals surface area contributed by atoms with Gasteiger partial charge in [0.25, 0.3) is 0 Å². The second kappa shape index (κ2) is 5.73. The van der Waals surface area contributed by atoms with E-state index in [2.05, 4.69) is 4.98 Å². The van der Waals surface area contributed by atoms with Crippen LogP contribution in [0.15, 0.2) is 24.4 Å². The fourth-order valence-electron chi connectivity index (χ4n) is 3.03. The summed E-state index contributed by atoms with van der Waals surface area (Å²) in [6.45, 7) is 0.752. The molecule has 0 saturated carbocycles. The molecule has 1 aliphatic rings. The molecule has 0 amide bonds. The number of aromatic nitrogens is 2. The number of carboxylic acids is 1. The Morgan fingerprint density at radius 2 is 2.19 bits per heavy atom. The first kappa shape index (κ1) is 13.9. The Morgan fingerprint density at radius 1 is 1.33 bits per heavy atom. The number of aliphatic hydroxyl groups excluding tert-OH is 1. The van der Waals surface area contributed by atoms with Crippen LogP contribution in [0.5, 0.6) is 0 Å². The van der Waals surface area contributed by atoms with Crippen LogP contribution < -0.4 is 4.90 Å². The second-order valence-corrected chi connectivity index (χ2v) is 5.40. The summed E-state index contributed by atoms with van der Waals surface area (Å²) in [6.07, 6.45) is 5.72. The average molecular weight is 289 g/mol. The lowest BCUT2D eigenvalue weighted by Crippen LogP contribution is -2.38. The van der Waals surface area contributed by atoms with Gasteiger partial charge in [0.05, 0.1) is 12.6 Å². The van der Waals surface area contributed by atoms with Crippen molar-refractivity contribution in [2.24, 2.45) is 0 Å². The van der Waals surface area contributed by atoms with Gasteiger partial charge in [0.2, 0.25) is 0 Å². The summed E-state index contributed by atoms with van der Waals surface area (Å²) in [5, 5.41) is 19.2. The van der Waals surface area contributed by atoms with Crippen molar-refractivity contribution in [2.75, 3.05) is 18.1 Å². The maximum atomic E-state index is 11.7. The average Bonchev–Trinajstić information content (AvgIpc) is 2.71. The summed E-state index contributed by atoms with van der Waals surface area (Å²) in [7, 11) is 0. The van der Waals surface area contributed by atoms with Crippen LogP contribution in [0.1, 0.15) is 36.2 Å². The minimum absolute atomic E-state index is 0.0208. The molecule has 112 valence electrons. The molecule has 6 heteroatoms. The van der Waals surface area contributed by atoms with Crippen LogP contribution in [0.25, 0.3) is 5.65 Å². The van der Waals surface area contributed by atoms with Gasteiger partial charge in [-0.3, -0.25) is 4.40 Å². The molecule has 2 N–H and O–H groups in total. The van der Waals surface area contributed by atoms with Crippen LogP contribution >= 0.6 is 0 Å². The van der Waals surface area contributed by atoms with E-state index in [9.17, 15) is 15.0 Å². The van der Waals surface area contributed by atoms with Gasteiger partial charge in [0, 0.05) is 12.7 Å². The van der Waals surface area contributed by atoms with E-state index in [1.54, 1.807) is 22.7 Å². The van der Waals surface area contributed by atoms with Crippen molar-refractivity contribution in [1.82, 2.24) is 9.38 Å². The maximum Gasteiger partial charge on any atom is 0.356 e. The molecule has 0 aliphatic carbocycles. The molecule has 0 aromatic carbocycles. The van der Waals surface area contributed by atoms with E-state index in [4.69, 9.17) is 0 Å². The molecule has 0 radical (unpaired) electrons. The number of anilines is 1. The fourth-order valence-corrected chi connectivity index (χ4v) is 3.03. The van der Waals surface area contributed by atoms with Gasteiger partial charge in [-0.05, 0) is 25.0 Å². The first-order chi connectivity index (χ1) is 10.2. The van der Waals surface area contributed by atoms with Crippen molar-refractivity contribution in [3.8, 4) is 0 Å². The zero-order valence-corrected chi connectivity index (χ0v) is 11.8. The lowest BCUT2D eigenvalue weighted by molar-refractivity contribution is 0.0689. The number of carbonyl (C=O) groups is 1. The third-order valence-corrected chi connectivity index (χ3v) is 4.07. The topological polar surface area (TPSA) is 78.1 Å². The second-order valence-electron chi connectivity index (χ2n) is 5.40. The number of imidazole rings is 1. The number of aliphatic hydroxyl groups is 1. The van der Waals surface area contributed by atoms with E-state index in [0.717, 1.165) is 32.2 Å². The molecule has 1 unspecified atom stereocenters. The molecule has 1 aliphatic heterocycles. The van der Waals surface area contributed by atoms with Gasteiger partial charge in [-0.25, -0.2) is 9.78 Å². The third kappa shape index (κ3) is 2.47. The molecule has 6 nitrogen and oxygen atoms in total. The standard InChI is InChI=1S/C15H19N3O3/c19-10-11-6-2-1-4-8-17(11)14-13(15(20)21)18-9-5-3-7-12(18)16-14/h3,5,7,9,11,19H,1-2,4,6,8,10H2,(H,20,21). The van der Waals surface area contributed by atoms with Crippen molar-refractivity contribution < 1.29 is 15.0 Å². The lowest BCUT2D eigenvalue weighted by Gasteiger charge is -2.29. The smallest absolute Gasteiger partial charge is 0.356 e. The van der Waals surface area contributed by atoms with Crippen LogP contribution in [0, 0.1) is 0 Å². The van der Waals surface area contributed by atoms with Crippen molar-refractivity contribution >= 4 is 17.4 Å². The number of rotatable bonds is 3. The van der Waals surface area contributed by atoms with Crippen molar-refractivity contribution in [3.05, 3.63) is 30.1 Å². The molecule has 1 saturated heterocycles. The Hall–Kier alpha value is -2.08. The summed E-state index contributed by atoms with van der Waals surface area (Å²) in [5.41, 5.74) is 0.789. The number of aromatic carboxylic acids is 1. The van der Waals surface area contributed by atoms with Crippen molar-refractivity contribution in [2.45, 2.75) is 31.7 Å². The molecule has 2 aromatic rings. The fraction of sp³-hybridized carbons (Fsp3) is 0.467. The van der Waals surface area contributed by atoms with Gasteiger partial charge in [0.15, 0.2) is 11.5 Å². The number of hydrogen-bond donors (Lipinski definition) is 2. The highest BCUT2D eigenvalue weighted by molar-refractivity contribution is 5.93. The highest BCUT2D eigenvalue weighted by Gasteiger charge is 2.28. The zero-order valence-electron chi connectivity index (χ0n) is 11.8. The largest absolute Gasteiger partial charge is 0.476 e. The molecule has 0 bridgehead atoms. The van der Waals surface area contributed by atoms with Crippen LogP contribution in [0.2, 0.25) is 0 Å². The molecule has 1 fully saturated rings. The summed E-state index contributed by atoms with van der Waals surface area (Å²) in [5.74, 6) is -0.528. The van der Waals surface area contributed by atoms with Crippen molar-refractivity contribution in [1.29, 1.82) is 0 Å². The van der Waals surface area contributed by atoms with Gasteiger partial charge >= 0.3 is 5.97 Å². The van der Waals surface area contributed by atoms with E-state index in [0.29, 0.717) is 11.5 Å². The minimum atomic E-state index is -0.996. The Morgan fingerprint density at radius 3 is 2.95 bits per heavy atom. The first-order valence-electron chi connectivity index (χ1n) is 7.30. The Labute approximate surface area is 122 Å². The summed E-state index contributed by atoms with van der Waals surface area (Å²) >= 11 is 0. The van der Waals surface area contributed by atoms with Crippen LogP contribution in [-0.4, -0.2) is 44.8 Å². The number of nitrogens with zero attached hydrogens (tertiary/aromatic N) is 3. The molecule has 3 rings (SSSR count). The molecular weight excluding hydrogens is 270 g/mol. The normalized spacial score (nSPS) is 19.7. The van der Waals surface area contributed by atoms with Gasteiger partial charge in [-0.15, -0.1) is 0 Å². The van der Waals surface area contributed by atoms with E-state index in [1.165, 1.54) is 0 Å². The Bertz CT molecular complexity index is 653. The number of fused-ring (bicyclic) bond motifs is 1. The third-order valence-electron chi connectivity index (χ3n) is 4.07. The lowest BCUT2D eigenvalue weighted by atomic mass is 10.1. The van der Waals surface area contributed by atoms with Crippen LogP contribution in [0.4, 0.5) is 5.82 Å². The maximum absolute atomic E-state index is 11.7. The monoisotopic (exact) mass is 289 g/mol. The van der Waals surface area contributed by atoms with E-state index < -0.39 is 5.97 Å². The molecule has 1 atom stereocenters. The highest BCUT2D eigenvalue weighted by Crippen LogP contribution is 2.27. The van der Waals surface area contributed by atoms with Gasteiger partial charge < -0.3 is 15.1 Å². The van der Waals surface area contributed by atoms with E-state index in [-0.39, 0.29) is 18.3 Å². The molecular formula is C15H19N3O3. The minimum Gasteiger partial charge on any atom is -0.476 e. The number of pyridine rings is 1. The van der Waals surface area contributed by atoms with E-state index >= 15 is 0 Å². The summed E-state index contributed by atoms with van der Waals surface area (Å²) < 4.78 is 1.59. The molecule has 3 heterocycles. The van der Waals surface area contributed by atoms with Gasteiger partial charge in [0.1, 0.15) is 5.65 Å². The molecule has 2 aromatic heterocycles. The Balaban J connectivity index is 2.13. The first-order valence-corrected chi connectivity index (χ1v) is 7.30. The number of carboxylic acid groups (broad SMARTS) is 1.